The van der Waals surface area contributed by atoms with E-state index in [1.807, 2.05) is 44.2 Å². The molecule has 1 aliphatic carbocycles. The smallest absolute Gasteiger partial charge is 0.264 e. The number of thiophene rings is 1. The zero-order valence-corrected chi connectivity index (χ0v) is 25.2. The Morgan fingerprint density at radius 1 is 1.05 bits per heavy atom. The topological polar surface area (TPSA) is 138 Å². The van der Waals surface area contributed by atoms with Gasteiger partial charge < -0.3 is 20.9 Å². The summed E-state index contributed by atoms with van der Waals surface area (Å²) in [5.41, 5.74) is 3.77. The summed E-state index contributed by atoms with van der Waals surface area (Å²) >= 11 is 1.46. The quantitative estimate of drug-likeness (QED) is 0.418. The predicted molar refractivity (Wildman–Crippen MR) is 160 cm³/mol. The van der Waals surface area contributed by atoms with E-state index in [2.05, 4.69) is 31.6 Å². The second kappa shape index (κ2) is 12.3. The molecule has 0 saturated carbocycles. The van der Waals surface area contributed by atoms with Gasteiger partial charge in [-0.3, -0.25) is 19.2 Å². The molecule has 4 heterocycles. The molecule has 2 aromatic heterocycles. The highest BCUT2D eigenvalue weighted by Crippen LogP contribution is 2.35. The largest absolute Gasteiger partial charge is 0.349 e. The molecule has 0 spiro atoms. The minimum absolute atomic E-state index is 0.130. The van der Waals surface area contributed by atoms with Gasteiger partial charge in [-0.1, -0.05) is 49.4 Å². The molecule has 4 bridgehead atoms. The zero-order valence-electron chi connectivity index (χ0n) is 24.4. The van der Waals surface area contributed by atoms with Gasteiger partial charge in [-0.15, -0.1) is 16.4 Å². The van der Waals surface area contributed by atoms with Gasteiger partial charge in [0.1, 0.15) is 23.8 Å². The van der Waals surface area contributed by atoms with Crippen molar-refractivity contribution in [3.05, 3.63) is 69.2 Å². The van der Waals surface area contributed by atoms with Crippen LogP contribution in [0, 0.1) is 5.92 Å². The van der Waals surface area contributed by atoms with Crippen molar-refractivity contribution in [2.24, 2.45) is 5.92 Å². The summed E-state index contributed by atoms with van der Waals surface area (Å²) in [6.07, 6.45) is 6.37. The number of benzene rings is 1. The minimum atomic E-state index is -0.897. The molecule has 0 radical (unpaired) electrons. The number of nitrogens with one attached hydrogen (secondary N) is 3. The number of hydrogen-bond acceptors (Lipinski definition) is 7. The van der Waals surface area contributed by atoms with Crippen molar-refractivity contribution in [1.29, 1.82) is 0 Å². The van der Waals surface area contributed by atoms with E-state index in [-0.39, 0.29) is 43.3 Å². The number of carbonyl (C=O) groups excluding carboxylic acids is 4. The number of fused-ring (bicyclic) bond motifs is 6. The fourth-order valence-corrected chi connectivity index (χ4v) is 7.40. The highest BCUT2D eigenvalue weighted by atomic mass is 32.1. The average molecular weight is 604 g/mol. The number of hydrogen-bond donors (Lipinski definition) is 3. The lowest BCUT2D eigenvalue weighted by molar-refractivity contribution is -0.134. The Morgan fingerprint density at radius 3 is 2.63 bits per heavy atom. The number of aryl methyl sites for hydroxylation is 1. The van der Waals surface area contributed by atoms with Crippen LogP contribution in [0.5, 0.6) is 0 Å². The summed E-state index contributed by atoms with van der Waals surface area (Å²) in [7, 11) is 0. The standard InChI is InChI=1S/C31H37N7O4S/c1-18(2)26-30(41)33-24(12-19-8-4-3-5-9-19)28(39)32-14-21-15-38(36-35-21)22-13-25(29(40)34-26)37(16-22)31(42)27-23-11-7-6-10-20(23)17-43-27/h3-5,8-9,15,17-18,22,24-26H,6-7,10-14,16H2,1-2H3,(H,32,39)(H,33,41)(H,34,40)/t22-,24+,25-,26-/m0/s1. The van der Waals surface area contributed by atoms with Crippen molar-refractivity contribution in [2.45, 2.75) is 83.1 Å². The van der Waals surface area contributed by atoms with Crippen molar-refractivity contribution < 1.29 is 19.2 Å². The van der Waals surface area contributed by atoms with E-state index in [0.717, 1.165) is 36.8 Å². The van der Waals surface area contributed by atoms with Crippen LogP contribution in [0.3, 0.4) is 0 Å². The molecule has 1 fully saturated rings. The molecule has 3 N–H and O–H groups in total. The van der Waals surface area contributed by atoms with E-state index in [1.165, 1.54) is 16.9 Å². The Labute approximate surface area is 254 Å². The van der Waals surface area contributed by atoms with Crippen LogP contribution in [-0.2, 0) is 40.2 Å². The van der Waals surface area contributed by atoms with E-state index < -0.39 is 29.9 Å². The molecule has 3 aliphatic rings. The molecular weight excluding hydrogens is 566 g/mol. The Balaban J connectivity index is 1.32. The lowest BCUT2D eigenvalue weighted by atomic mass is 9.93. The Morgan fingerprint density at radius 2 is 1.84 bits per heavy atom. The molecule has 12 heteroatoms. The molecule has 226 valence electrons. The first-order valence-corrected chi connectivity index (χ1v) is 15.9. The third-order valence-corrected chi connectivity index (χ3v) is 9.74. The summed E-state index contributed by atoms with van der Waals surface area (Å²) in [5.74, 6) is -1.61. The van der Waals surface area contributed by atoms with E-state index >= 15 is 0 Å². The van der Waals surface area contributed by atoms with Crippen molar-refractivity contribution >= 4 is 35.0 Å². The number of nitrogens with zero attached hydrogens (tertiary/aromatic N) is 4. The third kappa shape index (κ3) is 6.06. The van der Waals surface area contributed by atoms with Crippen molar-refractivity contribution in [1.82, 2.24) is 35.8 Å². The van der Waals surface area contributed by atoms with Crippen molar-refractivity contribution in [2.75, 3.05) is 6.54 Å². The highest BCUT2D eigenvalue weighted by molar-refractivity contribution is 7.12. The summed E-state index contributed by atoms with van der Waals surface area (Å²) in [6, 6.07) is 6.61. The number of aromatic nitrogens is 3. The van der Waals surface area contributed by atoms with Gasteiger partial charge in [0.05, 0.1) is 23.7 Å². The van der Waals surface area contributed by atoms with Crippen LogP contribution < -0.4 is 16.0 Å². The van der Waals surface area contributed by atoms with Crippen LogP contribution in [0.15, 0.2) is 41.9 Å². The first-order chi connectivity index (χ1) is 20.8. The minimum Gasteiger partial charge on any atom is -0.349 e. The monoisotopic (exact) mass is 603 g/mol. The zero-order chi connectivity index (χ0) is 30.1. The molecule has 2 aliphatic heterocycles. The second-order valence-corrected chi connectivity index (χ2v) is 12.9. The maximum atomic E-state index is 14.0. The van der Waals surface area contributed by atoms with E-state index in [4.69, 9.17) is 0 Å². The Hall–Kier alpha value is -4.06. The summed E-state index contributed by atoms with van der Waals surface area (Å²) in [6.45, 7) is 4.11. The maximum absolute atomic E-state index is 14.0. The summed E-state index contributed by atoms with van der Waals surface area (Å²) < 4.78 is 1.68. The molecule has 11 nitrogen and oxygen atoms in total. The second-order valence-electron chi connectivity index (χ2n) is 12.0. The average Bonchev–Trinajstić information content (AvgIpc) is 3.76. The van der Waals surface area contributed by atoms with Crippen LogP contribution in [0.25, 0.3) is 0 Å². The van der Waals surface area contributed by atoms with Crippen LogP contribution in [0.2, 0.25) is 0 Å². The fraction of sp³-hybridized carbons (Fsp3) is 0.484. The molecule has 1 saturated heterocycles. The molecule has 3 aromatic rings. The molecule has 4 atom stereocenters. The number of rotatable bonds is 4. The normalized spacial score (nSPS) is 24.4. The van der Waals surface area contributed by atoms with Gasteiger partial charge in [0.2, 0.25) is 17.7 Å². The van der Waals surface area contributed by atoms with Gasteiger partial charge in [-0.25, -0.2) is 4.68 Å². The molecule has 4 amide bonds. The van der Waals surface area contributed by atoms with Gasteiger partial charge in [0, 0.05) is 19.4 Å². The molecule has 6 rings (SSSR count). The lowest BCUT2D eigenvalue weighted by Crippen LogP contribution is -2.58. The third-order valence-electron chi connectivity index (χ3n) is 8.68. The van der Waals surface area contributed by atoms with Gasteiger partial charge in [0.25, 0.3) is 5.91 Å². The molecular formula is C31H37N7O4S. The molecule has 1 aromatic carbocycles. The number of likely N-dealkylation sites (tertiary alicyclic amines) is 1. The first-order valence-electron chi connectivity index (χ1n) is 15.0. The van der Waals surface area contributed by atoms with Crippen LogP contribution >= 0.6 is 11.3 Å². The van der Waals surface area contributed by atoms with E-state index in [0.29, 0.717) is 17.0 Å². The van der Waals surface area contributed by atoms with Crippen LogP contribution in [-0.4, -0.2) is 68.2 Å². The van der Waals surface area contributed by atoms with Gasteiger partial charge in [-0.2, -0.15) is 0 Å². The van der Waals surface area contributed by atoms with Gasteiger partial charge in [0.15, 0.2) is 0 Å². The van der Waals surface area contributed by atoms with E-state index in [9.17, 15) is 19.2 Å². The summed E-state index contributed by atoms with van der Waals surface area (Å²) in [4.78, 5) is 57.3. The van der Waals surface area contributed by atoms with Crippen molar-refractivity contribution in [3.8, 4) is 0 Å². The SMILES string of the molecule is CC(C)[C@@H]1NC(=O)[C@@H]2C[C@@H](CN2C(=O)c2scc3c2CCCC3)n2cc(nn2)CNC(=O)[C@@H](Cc2ccccc2)NC1=O. The molecule has 0 unspecified atom stereocenters. The Bertz CT molecular complexity index is 1520. The first kappa shape index (κ1) is 29.0. The van der Waals surface area contributed by atoms with E-state index in [1.54, 1.807) is 15.8 Å². The number of amides is 4. The number of carbonyl (C=O) groups is 4. The Kier molecular flexibility index (Phi) is 8.29. The fourth-order valence-electron chi connectivity index (χ4n) is 6.29. The van der Waals surface area contributed by atoms with Crippen LogP contribution in [0.1, 0.15) is 71.2 Å². The maximum Gasteiger partial charge on any atom is 0.264 e. The lowest BCUT2D eigenvalue weighted by Gasteiger charge is -2.29. The van der Waals surface area contributed by atoms with Crippen molar-refractivity contribution in [3.63, 3.8) is 0 Å². The molecule has 43 heavy (non-hydrogen) atoms. The van der Waals surface area contributed by atoms with Gasteiger partial charge in [-0.05, 0) is 53.7 Å². The predicted octanol–water partition coefficient (Wildman–Crippen LogP) is 2.17. The van der Waals surface area contributed by atoms with Gasteiger partial charge >= 0.3 is 0 Å². The van der Waals surface area contributed by atoms with Crippen LogP contribution in [0.4, 0.5) is 0 Å². The summed E-state index contributed by atoms with van der Waals surface area (Å²) in [5, 5.41) is 19.3. The highest BCUT2D eigenvalue weighted by Gasteiger charge is 2.43.